The van der Waals surface area contributed by atoms with Crippen LogP contribution in [0.25, 0.3) is 5.57 Å². The molecule has 24 heavy (non-hydrogen) atoms. The number of nitrogens with zero attached hydrogens (tertiary/aromatic N) is 1. The second kappa shape index (κ2) is 7.02. The van der Waals surface area contributed by atoms with Crippen LogP contribution >= 0.6 is 0 Å². The Morgan fingerprint density at radius 3 is 2.29 bits per heavy atom. The van der Waals surface area contributed by atoms with E-state index in [1.165, 1.54) is 11.1 Å². The van der Waals surface area contributed by atoms with E-state index in [9.17, 15) is 4.79 Å². The molecule has 1 heterocycles. The van der Waals surface area contributed by atoms with Crippen molar-refractivity contribution in [2.45, 2.75) is 25.3 Å². The standard InChI is InChI=1S/C21H24N2O/c1-17(24)23-15-12-19(18-8-4-2-5-9-18)16-21(23,13-14-22)20-10-6-3-7-11-20/h2-11,16H,12-15,22H2,1H3. The largest absolute Gasteiger partial charge is 0.330 e. The van der Waals surface area contributed by atoms with Crippen molar-refractivity contribution >= 4 is 11.5 Å². The fraction of sp³-hybridized carbons (Fsp3) is 0.286. The molecule has 124 valence electrons. The van der Waals surface area contributed by atoms with Crippen LogP contribution in [0.5, 0.6) is 0 Å². The van der Waals surface area contributed by atoms with Gasteiger partial charge in [-0.15, -0.1) is 0 Å². The van der Waals surface area contributed by atoms with Crippen molar-refractivity contribution in [1.82, 2.24) is 4.90 Å². The molecule has 3 rings (SSSR count). The SMILES string of the molecule is CC(=O)N1CCC(c2ccccc2)=CC1(CCN)c1ccccc1. The Balaban J connectivity index is 2.17. The molecule has 1 aliphatic rings. The number of carbonyl (C=O) groups excluding carboxylic acids is 1. The fourth-order valence-corrected chi connectivity index (χ4v) is 3.73. The average Bonchev–Trinajstić information content (AvgIpc) is 2.63. The van der Waals surface area contributed by atoms with Crippen LogP contribution in [0.2, 0.25) is 0 Å². The van der Waals surface area contributed by atoms with Crippen molar-refractivity contribution in [1.29, 1.82) is 0 Å². The zero-order valence-electron chi connectivity index (χ0n) is 14.1. The fourth-order valence-electron chi connectivity index (χ4n) is 3.73. The summed E-state index contributed by atoms with van der Waals surface area (Å²) in [5.41, 5.74) is 9.12. The Bertz CT molecular complexity index is 724. The van der Waals surface area contributed by atoms with Gasteiger partial charge in [0.05, 0.1) is 5.54 Å². The summed E-state index contributed by atoms with van der Waals surface area (Å²) in [5.74, 6) is 0.0932. The van der Waals surface area contributed by atoms with Gasteiger partial charge in [-0.2, -0.15) is 0 Å². The summed E-state index contributed by atoms with van der Waals surface area (Å²) in [4.78, 5) is 14.3. The van der Waals surface area contributed by atoms with Gasteiger partial charge in [0.1, 0.15) is 0 Å². The average molecular weight is 320 g/mol. The van der Waals surface area contributed by atoms with Crippen molar-refractivity contribution in [2.75, 3.05) is 13.1 Å². The molecule has 1 aliphatic heterocycles. The monoisotopic (exact) mass is 320 g/mol. The summed E-state index contributed by atoms with van der Waals surface area (Å²) in [5, 5.41) is 0. The van der Waals surface area contributed by atoms with Crippen LogP contribution in [0.3, 0.4) is 0 Å². The number of carbonyl (C=O) groups is 1. The molecule has 1 unspecified atom stereocenters. The van der Waals surface area contributed by atoms with E-state index in [1.807, 2.05) is 29.2 Å². The van der Waals surface area contributed by atoms with E-state index in [-0.39, 0.29) is 5.91 Å². The number of benzene rings is 2. The van der Waals surface area contributed by atoms with Crippen LogP contribution in [-0.4, -0.2) is 23.9 Å². The molecule has 1 atom stereocenters. The van der Waals surface area contributed by atoms with Crippen LogP contribution in [0, 0.1) is 0 Å². The molecule has 0 aliphatic carbocycles. The lowest BCUT2D eigenvalue weighted by Gasteiger charge is -2.46. The van der Waals surface area contributed by atoms with Crippen LogP contribution in [0.4, 0.5) is 0 Å². The maximum atomic E-state index is 12.4. The highest BCUT2D eigenvalue weighted by Crippen LogP contribution is 2.41. The van der Waals surface area contributed by atoms with E-state index in [0.29, 0.717) is 19.5 Å². The third-order valence-corrected chi connectivity index (χ3v) is 4.82. The molecule has 2 aromatic carbocycles. The minimum Gasteiger partial charge on any atom is -0.330 e. The quantitative estimate of drug-likeness (QED) is 0.936. The van der Waals surface area contributed by atoms with Crippen molar-refractivity contribution in [3.8, 4) is 0 Å². The first-order valence-corrected chi connectivity index (χ1v) is 8.48. The maximum Gasteiger partial charge on any atom is 0.220 e. The highest BCUT2D eigenvalue weighted by Gasteiger charge is 2.40. The van der Waals surface area contributed by atoms with Crippen molar-refractivity contribution in [3.63, 3.8) is 0 Å². The molecule has 0 saturated heterocycles. The van der Waals surface area contributed by atoms with Gasteiger partial charge in [0.15, 0.2) is 0 Å². The van der Waals surface area contributed by atoms with Gasteiger partial charge < -0.3 is 10.6 Å². The first-order chi connectivity index (χ1) is 11.7. The molecule has 0 fully saturated rings. The van der Waals surface area contributed by atoms with Crippen LogP contribution < -0.4 is 5.73 Å². The molecular weight excluding hydrogens is 296 g/mol. The topological polar surface area (TPSA) is 46.3 Å². The first-order valence-electron chi connectivity index (χ1n) is 8.48. The van der Waals surface area contributed by atoms with Crippen LogP contribution in [0.15, 0.2) is 66.7 Å². The zero-order chi connectivity index (χ0) is 17.0. The number of hydrogen-bond donors (Lipinski definition) is 1. The van der Waals surface area contributed by atoms with Crippen molar-refractivity contribution in [2.24, 2.45) is 5.73 Å². The number of rotatable bonds is 4. The molecule has 0 radical (unpaired) electrons. The predicted molar refractivity (Wildman–Crippen MR) is 98.2 cm³/mol. The van der Waals surface area contributed by atoms with Gasteiger partial charge in [-0.3, -0.25) is 4.79 Å². The van der Waals surface area contributed by atoms with E-state index in [0.717, 1.165) is 12.0 Å². The molecule has 1 amide bonds. The lowest BCUT2D eigenvalue weighted by atomic mass is 9.78. The maximum absolute atomic E-state index is 12.4. The van der Waals surface area contributed by atoms with Gasteiger partial charge in [0.2, 0.25) is 5.91 Å². The van der Waals surface area contributed by atoms with Gasteiger partial charge in [0.25, 0.3) is 0 Å². The number of hydrogen-bond acceptors (Lipinski definition) is 2. The Labute approximate surface area is 143 Å². The van der Waals surface area contributed by atoms with Gasteiger partial charge in [0, 0.05) is 13.5 Å². The molecule has 0 aromatic heterocycles. The summed E-state index contributed by atoms with van der Waals surface area (Å²) in [7, 11) is 0. The number of nitrogens with two attached hydrogens (primary N) is 1. The smallest absolute Gasteiger partial charge is 0.220 e. The molecule has 0 bridgehead atoms. The van der Waals surface area contributed by atoms with Gasteiger partial charge >= 0.3 is 0 Å². The Morgan fingerprint density at radius 1 is 1.08 bits per heavy atom. The highest BCUT2D eigenvalue weighted by atomic mass is 16.2. The lowest BCUT2D eigenvalue weighted by molar-refractivity contribution is -0.134. The van der Waals surface area contributed by atoms with E-state index in [4.69, 9.17) is 5.73 Å². The van der Waals surface area contributed by atoms with Gasteiger partial charge in [-0.05, 0) is 36.1 Å². The van der Waals surface area contributed by atoms with Crippen molar-refractivity contribution < 1.29 is 4.79 Å². The third kappa shape index (κ3) is 3.00. The summed E-state index contributed by atoms with van der Waals surface area (Å²) < 4.78 is 0. The molecule has 0 spiro atoms. The predicted octanol–water partition coefficient (Wildman–Crippen LogP) is 3.57. The summed E-state index contributed by atoms with van der Waals surface area (Å²) >= 11 is 0. The third-order valence-electron chi connectivity index (χ3n) is 4.82. The Morgan fingerprint density at radius 2 is 1.71 bits per heavy atom. The first kappa shape index (κ1) is 16.5. The minimum absolute atomic E-state index is 0.0932. The highest BCUT2D eigenvalue weighted by molar-refractivity contribution is 5.78. The minimum atomic E-state index is -0.467. The Kier molecular flexibility index (Phi) is 4.81. The zero-order valence-corrected chi connectivity index (χ0v) is 14.1. The summed E-state index contributed by atoms with van der Waals surface area (Å²) in [6.45, 7) is 2.89. The van der Waals surface area contributed by atoms with Crippen LogP contribution in [0.1, 0.15) is 30.9 Å². The lowest BCUT2D eigenvalue weighted by Crippen LogP contribution is -2.51. The van der Waals surface area contributed by atoms with E-state index in [1.54, 1.807) is 6.92 Å². The summed E-state index contributed by atoms with van der Waals surface area (Å²) in [6.07, 6.45) is 3.84. The van der Waals surface area contributed by atoms with Crippen molar-refractivity contribution in [3.05, 3.63) is 77.9 Å². The van der Waals surface area contributed by atoms with Crippen LogP contribution in [-0.2, 0) is 10.3 Å². The van der Waals surface area contributed by atoms with E-state index >= 15 is 0 Å². The molecule has 3 nitrogen and oxygen atoms in total. The molecule has 3 heteroatoms. The molecule has 2 aromatic rings. The normalized spacial score (nSPS) is 20.6. The Hall–Kier alpha value is -2.39. The van der Waals surface area contributed by atoms with E-state index in [2.05, 4.69) is 42.5 Å². The second-order valence-corrected chi connectivity index (χ2v) is 6.29. The summed E-state index contributed by atoms with van der Waals surface area (Å²) in [6, 6.07) is 20.6. The van der Waals surface area contributed by atoms with Gasteiger partial charge in [-0.1, -0.05) is 66.7 Å². The second-order valence-electron chi connectivity index (χ2n) is 6.29. The molecule has 0 saturated carbocycles. The molecule has 2 N–H and O–H groups in total. The number of amides is 1. The van der Waals surface area contributed by atoms with Gasteiger partial charge in [-0.25, -0.2) is 0 Å². The van der Waals surface area contributed by atoms with E-state index < -0.39 is 5.54 Å². The molecular formula is C21H24N2O.